The number of amides is 1. The quantitative estimate of drug-likeness (QED) is 0.799. The van der Waals surface area contributed by atoms with E-state index in [9.17, 15) is 4.79 Å². The van der Waals surface area contributed by atoms with Crippen molar-refractivity contribution in [3.63, 3.8) is 0 Å². The van der Waals surface area contributed by atoms with Crippen molar-refractivity contribution < 1.29 is 4.79 Å². The molecule has 1 amide bonds. The van der Waals surface area contributed by atoms with Crippen LogP contribution in [0, 0.1) is 24.7 Å². The van der Waals surface area contributed by atoms with Crippen LogP contribution in [0.1, 0.15) is 44.2 Å². The lowest BCUT2D eigenvalue weighted by atomic mass is 9.87. The number of nitrogens with one attached hydrogen (secondary N) is 1. The molecule has 0 aromatic heterocycles. The lowest BCUT2D eigenvalue weighted by Gasteiger charge is -2.39. The number of hydrogen-bond donors (Lipinski definition) is 1. The number of carbonyl (C=O) groups is 1. The molecule has 1 N–H and O–H groups in total. The SMILES string of the molecule is Cc1ccc(CNC(=O)[C@@H]2C[C@H](CN3CCCC3)CN(CC(C)C)C2)cc1. The number of aryl methyl sites for hydroxylation is 1. The Labute approximate surface area is 165 Å². The maximum atomic E-state index is 12.9. The lowest BCUT2D eigenvalue weighted by Crippen LogP contribution is -2.49. The van der Waals surface area contributed by atoms with Crippen molar-refractivity contribution in [2.75, 3.05) is 39.3 Å². The largest absolute Gasteiger partial charge is 0.352 e. The molecule has 1 aromatic carbocycles. The number of likely N-dealkylation sites (tertiary alicyclic amines) is 2. The summed E-state index contributed by atoms with van der Waals surface area (Å²) in [4.78, 5) is 18.0. The molecule has 4 nitrogen and oxygen atoms in total. The van der Waals surface area contributed by atoms with Gasteiger partial charge in [0, 0.05) is 32.7 Å². The minimum absolute atomic E-state index is 0.121. The van der Waals surface area contributed by atoms with Crippen LogP contribution in [0.25, 0.3) is 0 Å². The van der Waals surface area contributed by atoms with Gasteiger partial charge in [0.15, 0.2) is 0 Å². The molecule has 2 aliphatic rings. The molecular weight excluding hydrogens is 334 g/mol. The van der Waals surface area contributed by atoms with Crippen molar-refractivity contribution in [2.45, 2.75) is 46.6 Å². The fourth-order valence-electron chi connectivity index (χ4n) is 4.66. The average Bonchev–Trinajstić information content (AvgIpc) is 3.13. The molecule has 0 aliphatic carbocycles. The normalized spacial score (nSPS) is 24.4. The second-order valence-electron chi connectivity index (χ2n) is 9.12. The third kappa shape index (κ3) is 6.32. The van der Waals surface area contributed by atoms with E-state index in [0.29, 0.717) is 18.4 Å². The van der Waals surface area contributed by atoms with Crippen LogP contribution in [0.2, 0.25) is 0 Å². The summed E-state index contributed by atoms with van der Waals surface area (Å²) in [6, 6.07) is 8.44. The summed E-state index contributed by atoms with van der Waals surface area (Å²) in [6.07, 6.45) is 3.70. The molecule has 1 aromatic rings. The van der Waals surface area contributed by atoms with Crippen LogP contribution in [0.5, 0.6) is 0 Å². The van der Waals surface area contributed by atoms with E-state index in [4.69, 9.17) is 0 Å². The topological polar surface area (TPSA) is 35.6 Å². The third-order valence-electron chi connectivity index (χ3n) is 5.91. The van der Waals surface area contributed by atoms with Crippen molar-refractivity contribution in [1.82, 2.24) is 15.1 Å². The summed E-state index contributed by atoms with van der Waals surface area (Å²) < 4.78 is 0. The number of nitrogens with zero attached hydrogens (tertiary/aromatic N) is 2. The molecule has 3 rings (SSSR count). The van der Waals surface area contributed by atoms with Gasteiger partial charge in [0.2, 0.25) is 5.91 Å². The molecule has 2 atom stereocenters. The molecule has 2 fully saturated rings. The average molecular weight is 372 g/mol. The predicted octanol–water partition coefficient (Wildman–Crippen LogP) is 3.30. The number of benzene rings is 1. The highest BCUT2D eigenvalue weighted by Crippen LogP contribution is 2.25. The zero-order chi connectivity index (χ0) is 19.2. The summed E-state index contributed by atoms with van der Waals surface area (Å²) in [5.41, 5.74) is 2.43. The maximum absolute atomic E-state index is 12.9. The van der Waals surface area contributed by atoms with Crippen molar-refractivity contribution >= 4 is 5.91 Å². The number of rotatable bonds is 7. The molecule has 0 spiro atoms. The van der Waals surface area contributed by atoms with Crippen molar-refractivity contribution in [3.05, 3.63) is 35.4 Å². The van der Waals surface area contributed by atoms with E-state index in [-0.39, 0.29) is 11.8 Å². The van der Waals surface area contributed by atoms with Crippen molar-refractivity contribution in [2.24, 2.45) is 17.8 Å². The fraction of sp³-hybridized carbons (Fsp3) is 0.696. The van der Waals surface area contributed by atoms with E-state index in [0.717, 1.165) is 32.6 Å². The zero-order valence-corrected chi connectivity index (χ0v) is 17.4. The van der Waals surface area contributed by atoms with Gasteiger partial charge >= 0.3 is 0 Å². The van der Waals surface area contributed by atoms with Gasteiger partial charge < -0.3 is 15.1 Å². The summed E-state index contributed by atoms with van der Waals surface area (Å²) in [7, 11) is 0. The van der Waals surface area contributed by atoms with Gasteiger partial charge in [-0.05, 0) is 56.7 Å². The highest BCUT2D eigenvalue weighted by Gasteiger charge is 2.32. The summed E-state index contributed by atoms with van der Waals surface area (Å²) in [6.45, 7) is 14.1. The molecule has 2 aliphatic heterocycles. The molecule has 27 heavy (non-hydrogen) atoms. The smallest absolute Gasteiger partial charge is 0.224 e. The first-order valence-corrected chi connectivity index (χ1v) is 10.8. The van der Waals surface area contributed by atoms with Crippen LogP contribution < -0.4 is 5.32 Å². The molecule has 0 bridgehead atoms. The molecule has 4 heteroatoms. The number of piperidine rings is 1. The van der Waals surface area contributed by atoms with Gasteiger partial charge in [-0.2, -0.15) is 0 Å². The van der Waals surface area contributed by atoms with Gasteiger partial charge in [-0.25, -0.2) is 0 Å². The minimum Gasteiger partial charge on any atom is -0.352 e. The van der Waals surface area contributed by atoms with Crippen LogP contribution in [-0.2, 0) is 11.3 Å². The molecule has 2 saturated heterocycles. The molecule has 2 heterocycles. The van der Waals surface area contributed by atoms with Crippen LogP contribution in [-0.4, -0.2) is 55.0 Å². The molecular formula is C23H37N3O. The van der Waals surface area contributed by atoms with E-state index >= 15 is 0 Å². The van der Waals surface area contributed by atoms with Crippen molar-refractivity contribution in [1.29, 1.82) is 0 Å². The summed E-state index contributed by atoms with van der Waals surface area (Å²) in [5.74, 6) is 1.61. The standard InChI is InChI=1S/C23H37N3O/c1-18(2)14-26-16-21(15-25-10-4-5-11-25)12-22(17-26)23(27)24-13-20-8-6-19(3)7-9-20/h6-9,18,21-22H,4-5,10-17H2,1-3H3,(H,24,27)/t21-,22-/m1/s1. The Hall–Kier alpha value is -1.39. The first-order chi connectivity index (χ1) is 13.0. The Morgan fingerprint density at radius 3 is 2.48 bits per heavy atom. The third-order valence-corrected chi connectivity index (χ3v) is 5.91. The van der Waals surface area contributed by atoms with E-state index < -0.39 is 0 Å². The first-order valence-electron chi connectivity index (χ1n) is 10.8. The monoisotopic (exact) mass is 371 g/mol. The summed E-state index contributed by atoms with van der Waals surface area (Å²) >= 11 is 0. The highest BCUT2D eigenvalue weighted by molar-refractivity contribution is 5.79. The van der Waals surface area contributed by atoms with Crippen LogP contribution in [0.4, 0.5) is 0 Å². The highest BCUT2D eigenvalue weighted by atomic mass is 16.1. The second-order valence-corrected chi connectivity index (χ2v) is 9.12. The van der Waals surface area contributed by atoms with Gasteiger partial charge in [0.1, 0.15) is 0 Å². The van der Waals surface area contributed by atoms with E-state index in [1.807, 2.05) is 0 Å². The van der Waals surface area contributed by atoms with E-state index in [1.165, 1.54) is 37.1 Å². The maximum Gasteiger partial charge on any atom is 0.224 e. The minimum atomic E-state index is 0.121. The van der Waals surface area contributed by atoms with Gasteiger partial charge in [0.25, 0.3) is 0 Å². The molecule has 0 radical (unpaired) electrons. The fourth-order valence-corrected chi connectivity index (χ4v) is 4.66. The zero-order valence-electron chi connectivity index (χ0n) is 17.4. The van der Waals surface area contributed by atoms with E-state index in [2.05, 4.69) is 60.2 Å². The summed E-state index contributed by atoms with van der Waals surface area (Å²) in [5, 5.41) is 3.20. The van der Waals surface area contributed by atoms with Gasteiger partial charge in [0.05, 0.1) is 5.92 Å². The number of carbonyl (C=O) groups excluding carboxylic acids is 1. The number of hydrogen-bond acceptors (Lipinski definition) is 3. The second kappa shape index (κ2) is 9.70. The Kier molecular flexibility index (Phi) is 7.31. The molecule has 0 saturated carbocycles. The Morgan fingerprint density at radius 1 is 1.11 bits per heavy atom. The Balaban J connectivity index is 1.56. The first kappa shape index (κ1) is 20.3. The molecule has 150 valence electrons. The van der Waals surface area contributed by atoms with Crippen LogP contribution in [0.3, 0.4) is 0 Å². The van der Waals surface area contributed by atoms with Crippen LogP contribution >= 0.6 is 0 Å². The predicted molar refractivity (Wildman–Crippen MR) is 112 cm³/mol. The van der Waals surface area contributed by atoms with E-state index in [1.54, 1.807) is 0 Å². The van der Waals surface area contributed by atoms with Gasteiger partial charge in [-0.1, -0.05) is 43.7 Å². The van der Waals surface area contributed by atoms with Crippen molar-refractivity contribution in [3.8, 4) is 0 Å². The Bertz CT molecular complexity index is 592. The molecule has 0 unspecified atom stereocenters. The van der Waals surface area contributed by atoms with Crippen LogP contribution in [0.15, 0.2) is 24.3 Å². The lowest BCUT2D eigenvalue weighted by molar-refractivity contribution is -0.127. The Morgan fingerprint density at radius 2 is 1.81 bits per heavy atom. The van der Waals surface area contributed by atoms with Gasteiger partial charge in [-0.3, -0.25) is 4.79 Å². The van der Waals surface area contributed by atoms with Gasteiger partial charge in [-0.15, -0.1) is 0 Å².